The molecule has 212 valence electrons. The van der Waals surface area contributed by atoms with Gasteiger partial charge in [-0.25, -0.2) is 19.7 Å². The second-order valence-corrected chi connectivity index (χ2v) is 12.8. The summed E-state index contributed by atoms with van der Waals surface area (Å²) in [6, 6.07) is -1.04. The minimum Gasteiger partial charge on any atom is -0.461 e. The highest BCUT2D eigenvalue weighted by Crippen LogP contribution is 2.29. The minimum atomic E-state index is -0.489. The van der Waals surface area contributed by atoms with Gasteiger partial charge in [-0.3, -0.25) is 9.59 Å². The van der Waals surface area contributed by atoms with Crippen LogP contribution < -0.4 is 16.4 Å². The standard InChI is InChI=1S/C26H36N6O4S3/c1-8-36-26(35)17-11-39-25(30-17)20(14(6)7)32-22(34)16-10-38-24(29-16)19(13(4)5)31-21(33)15-9-37-23(28-15)18(27)12(2)3/h9-14,18-20H,8,27H2,1-7H3,(H,31,33)(H,32,34)/t18-,19-,20-/m0/s1. The number of carbonyl (C=O) groups is 3. The largest absolute Gasteiger partial charge is 0.461 e. The second kappa shape index (κ2) is 13.6. The molecule has 3 aromatic rings. The Kier molecular flexibility index (Phi) is 10.7. The van der Waals surface area contributed by atoms with Gasteiger partial charge in [0.15, 0.2) is 5.69 Å². The number of hydrogen-bond acceptors (Lipinski definition) is 11. The molecular formula is C26H36N6O4S3. The summed E-state index contributed by atoms with van der Waals surface area (Å²) in [5.74, 6) is -0.911. The van der Waals surface area contributed by atoms with Crippen molar-refractivity contribution in [2.24, 2.45) is 23.5 Å². The molecule has 0 saturated heterocycles. The van der Waals surface area contributed by atoms with Gasteiger partial charge >= 0.3 is 5.97 Å². The van der Waals surface area contributed by atoms with E-state index in [9.17, 15) is 14.4 Å². The van der Waals surface area contributed by atoms with Crippen LogP contribution in [-0.2, 0) is 4.74 Å². The highest BCUT2D eigenvalue weighted by Gasteiger charge is 2.28. The van der Waals surface area contributed by atoms with E-state index in [2.05, 4.69) is 25.6 Å². The molecule has 3 atom stereocenters. The molecular weight excluding hydrogens is 557 g/mol. The monoisotopic (exact) mass is 592 g/mol. The van der Waals surface area contributed by atoms with Crippen molar-refractivity contribution < 1.29 is 19.1 Å². The average molecular weight is 593 g/mol. The fourth-order valence-electron chi connectivity index (χ4n) is 3.55. The Labute approximate surface area is 240 Å². The van der Waals surface area contributed by atoms with Crippen LogP contribution in [0.3, 0.4) is 0 Å². The Morgan fingerprint density at radius 3 is 1.59 bits per heavy atom. The lowest BCUT2D eigenvalue weighted by Crippen LogP contribution is -2.33. The van der Waals surface area contributed by atoms with Gasteiger partial charge in [0.2, 0.25) is 0 Å². The zero-order valence-electron chi connectivity index (χ0n) is 23.2. The molecule has 0 aliphatic rings. The summed E-state index contributed by atoms with van der Waals surface area (Å²) in [6.07, 6.45) is 0. The van der Waals surface area contributed by atoms with Crippen LogP contribution in [0.2, 0.25) is 0 Å². The molecule has 0 radical (unpaired) electrons. The van der Waals surface area contributed by atoms with Crippen LogP contribution in [0.15, 0.2) is 16.1 Å². The third kappa shape index (κ3) is 7.68. The average Bonchev–Trinajstić information content (AvgIpc) is 3.65. The summed E-state index contributed by atoms with van der Waals surface area (Å²) in [4.78, 5) is 51.6. The molecule has 0 bridgehead atoms. The number of amides is 2. The van der Waals surface area contributed by atoms with Crippen LogP contribution in [0.1, 0.15) is 113 Å². The molecule has 0 spiro atoms. The number of ether oxygens (including phenoxy) is 1. The minimum absolute atomic E-state index is 0.0165. The van der Waals surface area contributed by atoms with Crippen LogP contribution in [0.5, 0.6) is 0 Å². The Bertz CT molecular complexity index is 1280. The quantitative estimate of drug-likeness (QED) is 0.245. The lowest BCUT2D eigenvalue weighted by Gasteiger charge is -2.20. The topological polar surface area (TPSA) is 149 Å². The lowest BCUT2D eigenvalue weighted by molar-refractivity contribution is 0.0520. The summed E-state index contributed by atoms with van der Waals surface area (Å²) in [5.41, 5.74) is 6.98. The smallest absolute Gasteiger partial charge is 0.357 e. The van der Waals surface area contributed by atoms with Gasteiger partial charge in [-0.15, -0.1) is 34.0 Å². The summed E-state index contributed by atoms with van der Waals surface area (Å²) >= 11 is 3.98. The third-order valence-corrected chi connectivity index (χ3v) is 8.76. The van der Waals surface area contributed by atoms with Gasteiger partial charge in [-0.05, 0) is 24.7 Å². The van der Waals surface area contributed by atoms with Crippen molar-refractivity contribution in [2.75, 3.05) is 6.61 Å². The normalized spacial score (nSPS) is 13.9. The van der Waals surface area contributed by atoms with Crippen LogP contribution in [-0.4, -0.2) is 39.3 Å². The molecule has 0 fully saturated rings. The summed E-state index contributed by atoms with van der Waals surface area (Å²) in [6.45, 7) is 13.9. The van der Waals surface area contributed by atoms with Crippen molar-refractivity contribution >= 4 is 51.8 Å². The number of nitrogens with two attached hydrogens (primary N) is 1. The van der Waals surface area contributed by atoms with Crippen molar-refractivity contribution in [3.8, 4) is 0 Å². The summed E-state index contributed by atoms with van der Waals surface area (Å²) < 4.78 is 5.02. The fraction of sp³-hybridized carbons (Fsp3) is 0.538. The number of thiazole rings is 3. The van der Waals surface area contributed by atoms with E-state index in [1.165, 1.54) is 34.0 Å². The molecule has 0 saturated carbocycles. The molecule has 39 heavy (non-hydrogen) atoms. The van der Waals surface area contributed by atoms with Gasteiger partial charge in [0.25, 0.3) is 11.8 Å². The van der Waals surface area contributed by atoms with Crippen molar-refractivity contribution in [1.82, 2.24) is 25.6 Å². The van der Waals surface area contributed by atoms with Gasteiger partial charge < -0.3 is 21.1 Å². The Hall–Kier alpha value is -2.74. The van der Waals surface area contributed by atoms with Crippen LogP contribution in [0, 0.1) is 17.8 Å². The van der Waals surface area contributed by atoms with E-state index in [1.807, 2.05) is 41.5 Å². The van der Waals surface area contributed by atoms with E-state index in [-0.39, 0.29) is 53.6 Å². The maximum Gasteiger partial charge on any atom is 0.357 e. The zero-order valence-corrected chi connectivity index (χ0v) is 25.6. The van der Waals surface area contributed by atoms with Crippen molar-refractivity contribution in [3.63, 3.8) is 0 Å². The van der Waals surface area contributed by atoms with Gasteiger partial charge in [0.05, 0.1) is 24.7 Å². The second-order valence-electron chi connectivity index (χ2n) is 10.1. The lowest BCUT2D eigenvalue weighted by atomic mass is 10.0. The van der Waals surface area contributed by atoms with Crippen molar-refractivity contribution in [1.29, 1.82) is 0 Å². The van der Waals surface area contributed by atoms with Gasteiger partial charge in [0.1, 0.15) is 26.4 Å². The van der Waals surface area contributed by atoms with Crippen LogP contribution >= 0.6 is 34.0 Å². The highest BCUT2D eigenvalue weighted by atomic mass is 32.1. The Balaban J connectivity index is 1.73. The van der Waals surface area contributed by atoms with E-state index in [1.54, 1.807) is 23.1 Å². The molecule has 0 aliphatic carbocycles. The molecule has 3 aromatic heterocycles. The first-order chi connectivity index (χ1) is 18.4. The first kappa shape index (κ1) is 30.8. The molecule has 2 amide bonds. The molecule has 13 heteroatoms. The SMILES string of the molecule is CCOC(=O)c1csc([C@@H](NC(=O)c2csc([C@@H](NC(=O)c3csc([C@@H](N)C(C)C)n3)C(C)C)n2)C(C)C)n1. The first-order valence-corrected chi connectivity index (χ1v) is 15.5. The molecule has 0 aliphatic heterocycles. The van der Waals surface area contributed by atoms with Crippen molar-refractivity contribution in [3.05, 3.63) is 48.2 Å². The number of esters is 1. The van der Waals surface area contributed by atoms with Gasteiger partial charge in [-0.2, -0.15) is 0 Å². The van der Waals surface area contributed by atoms with E-state index in [0.717, 1.165) is 5.01 Å². The maximum absolute atomic E-state index is 13.2. The first-order valence-electron chi connectivity index (χ1n) is 12.8. The Morgan fingerprint density at radius 2 is 1.15 bits per heavy atom. The summed E-state index contributed by atoms with van der Waals surface area (Å²) in [5, 5.41) is 13.0. The number of carbonyl (C=O) groups excluding carboxylic acids is 3. The van der Waals surface area contributed by atoms with E-state index < -0.39 is 18.1 Å². The molecule has 4 N–H and O–H groups in total. The predicted molar refractivity (Wildman–Crippen MR) is 154 cm³/mol. The van der Waals surface area contributed by atoms with Gasteiger partial charge in [0, 0.05) is 16.1 Å². The predicted octanol–water partition coefficient (Wildman–Crippen LogP) is 5.14. The van der Waals surface area contributed by atoms with E-state index in [0.29, 0.717) is 15.7 Å². The molecule has 3 heterocycles. The molecule has 10 nitrogen and oxygen atoms in total. The fourth-order valence-corrected chi connectivity index (χ4v) is 6.56. The van der Waals surface area contributed by atoms with Gasteiger partial charge in [-0.1, -0.05) is 41.5 Å². The number of nitrogens with one attached hydrogen (secondary N) is 2. The van der Waals surface area contributed by atoms with Crippen molar-refractivity contribution in [2.45, 2.75) is 66.6 Å². The van der Waals surface area contributed by atoms with Crippen LogP contribution in [0.4, 0.5) is 0 Å². The number of hydrogen-bond donors (Lipinski definition) is 3. The molecule has 0 unspecified atom stereocenters. The third-order valence-electron chi connectivity index (χ3n) is 5.96. The summed E-state index contributed by atoms with van der Waals surface area (Å²) in [7, 11) is 0. The number of nitrogens with zero attached hydrogens (tertiary/aromatic N) is 3. The maximum atomic E-state index is 13.2. The zero-order chi connectivity index (χ0) is 28.9. The van der Waals surface area contributed by atoms with Crippen LogP contribution in [0.25, 0.3) is 0 Å². The van der Waals surface area contributed by atoms with E-state index >= 15 is 0 Å². The highest BCUT2D eigenvalue weighted by molar-refractivity contribution is 7.10. The Morgan fingerprint density at radius 1 is 0.744 bits per heavy atom. The number of aromatic nitrogens is 3. The van der Waals surface area contributed by atoms with E-state index in [4.69, 9.17) is 10.5 Å². The molecule has 3 rings (SSSR count). The molecule has 0 aromatic carbocycles. The number of rotatable bonds is 12.